The molecule has 35 heavy (non-hydrogen) atoms. The zero-order valence-corrected chi connectivity index (χ0v) is 21.1. The Kier molecular flexibility index (Phi) is 5.91. The lowest BCUT2D eigenvalue weighted by atomic mass is 10.1. The number of benzene rings is 1. The predicted octanol–water partition coefficient (Wildman–Crippen LogP) is 0.123. The van der Waals surface area contributed by atoms with Crippen LogP contribution in [-0.4, -0.2) is 96.6 Å². The Labute approximate surface area is 206 Å². The Morgan fingerprint density at radius 2 is 2.03 bits per heavy atom. The van der Waals surface area contributed by atoms with Crippen molar-refractivity contribution in [3.05, 3.63) is 29.8 Å². The Bertz CT molecular complexity index is 1200. The Morgan fingerprint density at radius 1 is 1.29 bits per heavy atom. The number of carbonyl (C=O) groups excluding carboxylic acids is 2. The highest BCUT2D eigenvalue weighted by atomic mass is 32.2. The third kappa shape index (κ3) is 3.93. The first-order valence-corrected chi connectivity index (χ1v) is 13.5. The fourth-order valence-electron chi connectivity index (χ4n) is 6.12. The highest BCUT2D eigenvalue weighted by Crippen LogP contribution is 2.48. The van der Waals surface area contributed by atoms with Crippen molar-refractivity contribution in [1.82, 2.24) is 19.0 Å². The van der Waals surface area contributed by atoms with E-state index in [1.54, 1.807) is 23.1 Å². The molecule has 0 radical (unpaired) electrons. The molecule has 10 nitrogen and oxygen atoms in total. The van der Waals surface area contributed by atoms with E-state index in [0.29, 0.717) is 18.9 Å². The van der Waals surface area contributed by atoms with E-state index in [4.69, 9.17) is 5.73 Å². The summed E-state index contributed by atoms with van der Waals surface area (Å²) >= 11 is 0. The number of hydrogen-bond acceptors (Lipinski definition) is 7. The molecule has 11 heteroatoms. The monoisotopic (exact) mass is 500 g/mol. The molecule has 3 aliphatic heterocycles. The number of rotatable bonds is 7. The molecule has 1 saturated carbocycles. The molecular weight excluding hydrogens is 468 g/mol. The lowest BCUT2D eigenvalue weighted by Crippen LogP contribution is -2.57. The third-order valence-electron chi connectivity index (χ3n) is 8.11. The van der Waals surface area contributed by atoms with E-state index in [-0.39, 0.29) is 47.4 Å². The van der Waals surface area contributed by atoms with Gasteiger partial charge in [0.1, 0.15) is 6.04 Å². The van der Waals surface area contributed by atoms with Gasteiger partial charge in [-0.15, -0.1) is 0 Å². The molecule has 5 rings (SSSR count). The van der Waals surface area contributed by atoms with Gasteiger partial charge in [0.15, 0.2) is 0 Å². The van der Waals surface area contributed by atoms with Crippen LogP contribution < -0.4 is 5.73 Å². The van der Waals surface area contributed by atoms with Crippen LogP contribution in [0, 0.1) is 17.2 Å². The minimum Gasteiger partial charge on any atom is -0.330 e. The molecule has 2 amide bonds. The summed E-state index contributed by atoms with van der Waals surface area (Å²) in [4.78, 5) is 32.1. The van der Waals surface area contributed by atoms with Gasteiger partial charge in [0.05, 0.1) is 29.1 Å². The van der Waals surface area contributed by atoms with Gasteiger partial charge in [0.2, 0.25) is 21.8 Å². The normalized spacial score (nSPS) is 31.5. The maximum atomic E-state index is 13.3. The average Bonchev–Trinajstić information content (AvgIpc) is 3.15. The molecule has 3 saturated heterocycles. The van der Waals surface area contributed by atoms with Gasteiger partial charge >= 0.3 is 0 Å². The Hall–Kier alpha value is -2.52. The van der Waals surface area contributed by atoms with Crippen molar-refractivity contribution in [1.29, 1.82) is 5.26 Å². The van der Waals surface area contributed by atoms with Crippen molar-refractivity contribution in [3.8, 4) is 6.07 Å². The summed E-state index contributed by atoms with van der Waals surface area (Å²) in [6.07, 6.45) is 2.35. The number of fused-ring (bicyclic) bond motifs is 3. The number of carbonyl (C=O) groups is 2. The predicted molar refractivity (Wildman–Crippen MR) is 127 cm³/mol. The molecule has 4 fully saturated rings. The molecule has 4 aliphatic rings. The fourth-order valence-corrected chi connectivity index (χ4v) is 7.07. The number of sulfonamides is 1. The van der Waals surface area contributed by atoms with Crippen LogP contribution in [0.1, 0.15) is 37.8 Å². The maximum Gasteiger partial charge on any atom is 0.242 e. The summed E-state index contributed by atoms with van der Waals surface area (Å²) in [7, 11) is -0.590. The minimum absolute atomic E-state index is 0.0207. The zero-order valence-electron chi connectivity index (χ0n) is 20.2. The van der Waals surface area contributed by atoms with E-state index in [1.807, 2.05) is 22.8 Å². The average molecular weight is 501 g/mol. The molecule has 0 aromatic heterocycles. The molecule has 3 heterocycles. The number of nitrogens with zero attached hydrogens (tertiary/aromatic N) is 5. The molecule has 1 aromatic carbocycles. The smallest absolute Gasteiger partial charge is 0.242 e. The van der Waals surface area contributed by atoms with Crippen LogP contribution in [0.15, 0.2) is 29.2 Å². The van der Waals surface area contributed by atoms with Crippen molar-refractivity contribution in [2.75, 3.05) is 27.2 Å². The van der Waals surface area contributed by atoms with Crippen molar-refractivity contribution >= 4 is 21.8 Å². The molecule has 7 atom stereocenters. The molecule has 2 N–H and O–H groups in total. The lowest BCUT2D eigenvalue weighted by Gasteiger charge is -2.38. The topological polar surface area (TPSA) is 131 Å². The van der Waals surface area contributed by atoms with Crippen LogP contribution in [0.3, 0.4) is 0 Å². The number of likely N-dealkylation sites (tertiary alicyclic amines) is 3. The highest BCUT2D eigenvalue weighted by Gasteiger charge is 2.56. The second kappa shape index (κ2) is 8.55. The number of nitrogens with two attached hydrogens (primary N) is 1. The van der Waals surface area contributed by atoms with Crippen molar-refractivity contribution in [2.45, 2.75) is 67.3 Å². The molecule has 1 aromatic rings. The summed E-state index contributed by atoms with van der Waals surface area (Å²) < 4.78 is 26.3. The van der Waals surface area contributed by atoms with E-state index in [1.165, 1.54) is 18.4 Å². The maximum absolute atomic E-state index is 13.3. The van der Waals surface area contributed by atoms with E-state index in [9.17, 15) is 23.3 Å². The standard InChI is InChI=1S/C24H32N6O4S/c1-14(15-5-4-6-19(8-15)35(33,34)27(2)3)29-18-10-22(24(29)32)28(12-18)13-20(26)23(31)30-17(11-25)7-16-9-21(16)30/h4-6,8,14,16-18,20-22H,7,9-10,12-13,26H2,1-3H3/t14-,16?,17-,18+,20-,21-,22+/m0/s1. The highest BCUT2D eigenvalue weighted by molar-refractivity contribution is 7.89. The number of piperidine rings is 1. The van der Waals surface area contributed by atoms with Gasteiger partial charge in [0.25, 0.3) is 0 Å². The van der Waals surface area contributed by atoms with Crippen molar-refractivity contribution in [3.63, 3.8) is 0 Å². The van der Waals surface area contributed by atoms with E-state index in [2.05, 4.69) is 6.07 Å². The van der Waals surface area contributed by atoms with Crippen LogP contribution in [0.2, 0.25) is 0 Å². The molecular formula is C24H32N6O4S. The van der Waals surface area contributed by atoms with Gasteiger partial charge in [-0.1, -0.05) is 12.1 Å². The third-order valence-corrected chi connectivity index (χ3v) is 9.92. The van der Waals surface area contributed by atoms with E-state index < -0.39 is 22.1 Å². The Morgan fingerprint density at radius 3 is 2.69 bits per heavy atom. The van der Waals surface area contributed by atoms with Crippen LogP contribution in [0.5, 0.6) is 0 Å². The summed E-state index contributed by atoms with van der Waals surface area (Å²) in [5.74, 6) is 0.218. The van der Waals surface area contributed by atoms with Crippen LogP contribution in [0.25, 0.3) is 0 Å². The SMILES string of the molecule is C[C@@H](c1cccc(S(=O)(=O)N(C)C)c1)N1C(=O)[C@H]2C[C@@H]1CN2C[C@H](N)C(=O)N1[C@H](C#N)CC2C[C@@H]21. The molecule has 1 aliphatic carbocycles. The molecule has 1 unspecified atom stereocenters. The summed E-state index contributed by atoms with van der Waals surface area (Å²) in [6.45, 7) is 2.82. The molecule has 188 valence electrons. The zero-order chi connectivity index (χ0) is 25.2. The van der Waals surface area contributed by atoms with Crippen LogP contribution in [-0.2, 0) is 19.6 Å². The van der Waals surface area contributed by atoms with Crippen molar-refractivity contribution in [2.24, 2.45) is 11.7 Å². The van der Waals surface area contributed by atoms with Crippen LogP contribution in [0.4, 0.5) is 0 Å². The first-order valence-electron chi connectivity index (χ1n) is 12.1. The van der Waals surface area contributed by atoms with Gasteiger partial charge in [0, 0.05) is 39.3 Å². The Balaban J connectivity index is 1.25. The summed E-state index contributed by atoms with van der Waals surface area (Å²) in [5.41, 5.74) is 7.06. The van der Waals surface area contributed by atoms with Gasteiger partial charge in [-0.3, -0.25) is 14.5 Å². The largest absolute Gasteiger partial charge is 0.330 e. The summed E-state index contributed by atoms with van der Waals surface area (Å²) in [5, 5.41) is 9.39. The second-order valence-corrected chi connectivity index (χ2v) is 12.6. The lowest BCUT2D eigenvalue weighted by molar-refractivity contribution is -0.141. The quantitative estimate of drug-likeness (QED) is 0.563. The second-order valence-electron chi connectivity index (χ2n) is 10.4. The van der Waals surface area contributed by atoms with Gasteiger partial charge in [-0.2, -0.15) is 5.26 Å². The van der Waals surface area contributed by atoms with Gasteiger partial charge in [-0.25, -0.2) is 12.7 Å². The first-order chi connectivity index (χ1) is 16.5. The fraction of sp³-hybridized carbons (Fsp3) is 0.625. The van der Waals surface area contributed by atoms with E-state index in [0.717, 1.165) is 18.4 Å². The van der Waals surface area contributed by atoms with Crippen molar-refractivity contribution < 1.29 is 18.0 Å². The molecule has 2 bridgehead atoms. The number of nitriles is 1. The van der Waals surface area contributed by atoms with Gasteiger partial charge in [-0.05, 0) is 49.8 Å². The number of piperazine rings is 1. The number of hydrogen-bond donors (Lipinski definition) is 1. The first kappa shape index (κ1) is 24.2. The molecule has 0 spiro atoms. The minimum atomic E-state index is -3.57. The van der Waals surface area contributed by atoms with Crippen LogP contribution >= 0.6 is 0 Å². The van der Waals surface area contributed by atoms with Gasteiger partial charge < -0.3 is 15.5 Å². The number of amides is 2. The van der Waals surface area contributed by atoms with E-state index >= 15 is 0 Å². The summed E-state index contributed by atoms with van der Waals surface area (Å²) in [6, 6.07) is 7.33.